The van der Waals surface area contributed by atoms with Gasteiger partial charge in [0.15, 0.2) is 6.61 Å². The van der Waals surface area contributed by atoms with Crippen LogP contribution in [0, 0.1) is 0 Å². The Labute approximate surface area is 186 Å². The van der Waals surface area contributed by atoms with E-state index in [1.165, 1.54) is 18.2 Å². The predicted octanol–water partition coefficient (Wildman–Crippen LogP) is 1.29. The van der Waals surface area contributed by atoms with Gasteiger partial charge in [-0.05, 0) is 38.0 Å². The van der Waals surface area contributed by atoms with Gasteiger partial charge in [-0.15, -0.1) is 0 Å². The summed E-state index contributed by atoms with van der Waals surface area (Å²) in [5.74, 6) is -1.16. The molecule has 1 aromatic carbocycles. The molecule has 0 aromatic heterocycles. The molecule has 1 heterocycles. The fourth-order valence-electron chi connectivity index (χ4n) is 2.91. The van der Waals surface area contributed by atoms with Crippen LogP contribution in [0.3, 0.4) is 0 Å². The van der Waals surface area contributed by atoms with E-state index in [0.717, 1.165) is 0 Å². The standard InChI is InChI=1S/C19H26ClN3O7S/c1-2-29-19(26)23-10-7-15(8-11-23)22-17(24)13-30-18(25)6-9-21-31(27,28)16-5-3-4-14(20)12-16/h3-5,12,15,21H,2,6-11,13H2,1H3,(H,22,24). The van der Waals surface area contributed by atoms with Crippen molar-refractivity contribution in [3.63, 3.8) is 0 Å². The Morgan fingerprint density at radius 3 is 2.55 bits per heavy atom. The average molecular weight is 476 g/mol. The van der Waals surface area contributed by atoms with Crippen LogP contribution in [0.25, 0.3) is 0 Å². The molecule has 0 unspecified atom stereocenters. The number of benzene rings is 1. The first kappa shape index (κ1) is 24.9. The van der Waals surface area contributed by atoms with Gasteiger partial charge in [-0.3, -0.25) is 9.59 Å². The number of nitrogens with zero attached hydrogens (tertiary/aromatic N) is 1. The summed E-state index contributed by atoms with van der Waals surface area (Å²) in [5.41, 5.74) is 0. The highest BCUT2D eigenvalue weighted by atomic mass is 35.5. The highest BCUT2D eigenvalue weighted by molar-refractivity contribution is 7.89. The number of carbonyl (C=O) groups is 3. The van der Waals surface area contributed by atoms with E-state index in [1.807, 2.05) is 0 Å². The predicted molar refractivity (Wildman–Crippen MR) is 112 cm³/mol. The van der Waals surface area contributed by atoms with Gasteiger partial charge in [0.05, 0.1) is 17.9 Å². The third-order valence-corrected chi connectivity index (χ3v) is 6.17. The number of amides is 2. The Morgan fingerprint density at radius 1 is 1.19 bits per heavy atom. The Hall–Kier alpha value is -2.37. The van der Waals surface area contributed by atoms with E-state index >= 15 is 0 Å². The van der Waals surface area contributed by atoms with Crippen molar-refractivity contribution in [1.29, 1.82) is 0 Å². The monoisotopic (exact) mass is 475 g/mol. The first-order valence-corrected chi connectivity index (χ1v) is 11.7. The number of rotatable bonds is 9. The second-order valence-electron chi connectivity index (χ2n) is 6.79. The number of esters is 1. The van der Waals surface area contributed by atoms with Gasteiger partial charge in [0.2, 0.25) is 10.0 Å². The maximum atomic E-state index is 12.1. The normalized spacial score (nSPS) is 14.7. The average Bonchev–Trinajstić information content (AvgIpc) is 2.73. The molecular weight excluding hydrogens is 450 g/mol. The quantitative estimate of drug-likeness (QED) is 0.514. The molecule has 2 rings (SSSR count). The summed E-state index contributed by atoms with van der Waals surface area (Å²) >= 11 is 5.78. The van der Waals surface area contributed by atoms with Crippen molar-refractivity contribution in [2.75, 3.05) is 32.8 Å². The number of hydrogen-bond acceptors (Lipinski definition) is 7. The lowest BCUT2D eigenvalue weighted by atomic mass is 10.1. The summed E-state index contributed by atoms with van der Waals surface area (Å²) in [7, 11) is -3.80. The number of sulfonamides is 1. The van der Waals surface area contributed by atoms with Gasteiger partial charge < -0.3 is 19.7 Å². The summed E-state index contributed by atoms with van der Waals surface area (Å²) in [5, 5.41) is 3.03. The number of ether oxygens (including phenoxy) is 2. The highest BCUT2D eigenvalue weighted by Gasteiger charge is 2.24. The largest absolute Gasteiger partial charge is 0.456 e. The van der Waals surface area contributed by atoms with E-state index in [0.29, 0.717) is 32.5 Å². The van der Waals surface area contributed by atoms with Crippen LogP contribution in [0.5, 0.6) is 0 Å². The zero-order valence-electron chi connectivity index (χ0n) is 17.1. The van der Waals surface area contributed by atoms with Crippen LogP contribution < -0.4 is 10.0 Å². The van der Waals surface area contributed by atoms with Crippen LogP contribution in [-0.2, 0) is 29.1 Å². The molecule has 2 N–H and O–H groups in total. The smallest absolute Gasteiger partial charge is 0.409 e. The minimum Gasteiger partial charge on any atom is -0.456 e. The van der Waals surface area contributed by atoms with Crippen LogP contribution in [-0.4, -0.2) is 70.2 Å². The minimum atomic E-state index is -3.80. The van der Waals surface area contributed by atoms with Crippen molar-refractivity contribution in [2.24, 2.45) is 0 Å². The van der Waals surface area contributed by atoms with Crippen molar-refractivity contribution in [1.82, 2.24) is 14.9 Å². The maximum absolute atomic E-state index is 12.1. The zero-order valence-corrected chi connectivity index (χ0v) is 18.7. The molecule has 1 aromatic rings. The summed E-state index contributed by atoms with van der Waals surface area (Å²) in [6, 6.07) is 5.61. The van der Waals surface area contributed by atoms with E-state index in [2.05, 4.69) is 10.0 Å². The third kappa shape index (κ3) is 8.35. The summed E-state index contributed by atoms with van der Waals surface area (Å²) in [6.07, 6.45) is 0.547. The Morgan fingerprint density at radius 2 is 1.90 bits per heavy atom. The van der Waals surface area contributed by atoms with Crippen molar-refractivity contribution >= 4 is 39.6 Å². The number of piperidine rings is 1. The van der Waals surface area contributed by atoms with Gasteiger partial charge in [0, 0.05) is 30.7 Å². The van der Waals surface area contributed by atoms with Crippen LogP contribution in [0.15, 0.2) is 29.2 Å². The van der Waals surface area contributed by atoms with E-state index in [1.54, 1.807) is 17.9 Å². The summed E-state index contributed by atoms with van der Waals surface area (Å²) < 4.78 is 36.4. The molecule has 2 amide bonds. The molecule has 172 valence electrons. The molecule has 10 nitrogen and oxygen atoms in total. The molecule has 0 spiro atoms. The first-order valence-electron chi connectivity index (χ1n) is 9.83. The zero-order chi connectivity index (χ0) is 22.9. The van der Waals surface area contributed by atoms with Crippen LogP contribution >= 0.6 is 11.6 Å². The van der Waals surface area contributed by atoms with Gasteiger partial charge in [-0.25, -0.2) is 17.9 Å². The third-order valence-electron chi connectivity index (χ3n) is 4.48. The molecule has 1 fully saturated rings. The molecule has 1 saturated heterocycles. The van der Waals surface area contributed by atoms with Crippen molar-refractivity contribution < 1.29 is 32.3 Å². The lowest BCUT2D eigenvalue weighted by molar-refractivity contribution is -0.148. The summed E-state index contributed by atoms with van der Waals surface area (Å²) in [4.78, 5) is 37.0. The molecule has 0 atom stereocenters. The van der Waals surface area contributed by atoms with Gasteiger partial charge in [-0.1, -0.05) is 17.7 Å². The Kier molecular flexibility index (Phi) is 9.53. The number of hydrogen-bond donors (Lipinski definition) is 2. The molecule has 0 aliphatic carbocycles. The SMILES string of the molecule is CCOC(=O)N1CCC(NC(=O)COC(=O)CCNS(=O)(=O)c2cccc(Cl)c2)CC1. The molecule has 12 heteroatoms. The van der Waals surface area contributed by atoms with Crippen LogP contribution in [0.2, 0.25) is 5.02 Å². The topological polar surface area (TPSA) is 131 Å². The number of nitrogens with one attached hydrogen (secondary N) is 2. The number of carbonyl (C=O) groups excluding carboxylic acids is 3. The number of likely N-dealkylation sites (tertiary alicyclic amines) is 1. The second kappa shape index (κ2) is 11.9. The van der Waals surface area contributed by atoms with Crippen molar-refractivity contribution in [3.05, 3.63) is 29.3 Å². The molecule has 0 bridgehead atoms. The minimum absolute atomic E-state index is 0.0123. The first-order chi connectivity index (χ1) is 14.7. The van der Waals surface area contributed by atoms with Crippen LogP contribution in [0.4, 0.5) is 4.79 Å². The molecule has 31 heavy (non-hydrogen) atoms. The second-order valence-corrected chi connectivity index (χ2v) is 9.00. The highest BCUT2D eigenvalue weighted by Crippen LogP contribution is 2.15. The van der Waals surface area contributed by atoms with Crippen LogP contribution in [0.1, 0.15) is 26.2 Å². The lowest BCUT2D eigenvalue weighted by Crippen LogP contribution is -2.47. The molecule has 1 aliphatic rings. The fraction of sp³-hybridized carbons (Fsp3) is 0.526. The van der Waals surface area contributed by atoms with E-state index in [-0.39, 0.29) is 35.0 Å². The van der Waals surface area contributed by atoms with Gasteiger partial charge in [-0.2, -0.15) is 0 Å². The van der Waals surface area contributed by atoms with Crippen molar-refractivity contribution in [2.45, 2.75) is 37.1 Å². The van der Waals surface area contributed by atoms with Gasteiger partial charge in [0.25, 0.3) is 5.91 Å². The van der Waals surface area contributed by atoms with E-state index in [4.69, 9.17) is 21.1 Å². The van der Waals surface area contributed by atoms with Crippen molar-refractivity contribution in [3.8, 4) is 0 Å². The van der Waals surface area contributed by atoms with Gasteiger partial charge >= 0.3 is 12.1 Å². The molecule has 1 aliphatic heterocycles. The summed E-state index contributed by atoms with van der Waals surface area (Å²) in [6.45, 7) is 2.34. The van der Waals surface area contributed by atoms with Gasteiger partial charge in [0.1, 0.15) is 0 Å². The van der Waals surface area contributed by atoms with E-state index < -0.39 is 28.5 Å². The lowest BCUT2D eigenvalue weighted by Gasteiger charge is -2.31. The Balaban J connectivity index is 1.64. The Bertz CT molecular complexity index is 886. The fourth-order valence-corrected chi connectivity index (χ4v) is 4.25. The molecular formula is C19H26ClN3O7S. The molecule has 0 saturated carbocycles. The molecule has 0 radical (unpaired) electrons. The maximum Gasteiger partial charge on any atom is 0.409 e. The number of halogens is 1. The van der Waals surface area contributed by atoms with E-state index in [9.17, 15) is 22.8 Å².